The molecule has 3 heteroatoms. The van der Waals surface area contributed by atoms with E-state index in [1.165, 1.54) is 12.0 Å². The lowest BCUT2D eigenvalue weighted by molar-refractivity contribution is -0.129. The van der Waals surface area contributed by atoms with Gasteiger partial charge in [0, 0.05) is 5.25 Å². The molecule has 0 saturated heterocycles. The average Bonchev–Trinajstić information content (AvgIpc) is 2.83. The Morgan fingerprint density at radius 2 is 2.00 bits per heavy atom. The third kappa shape index (κ3) is 1.40. The zero-order valence-corrected chi connectivity index (χ0v) is 12.7. The van der Waals surface area contributed by atoms with E-state index in [1.807, 2.05) is 11.8 Å². The molecule has 1 aromatic rings. The predicted octanol–water partition coefficient (Wildman–Crippen LogP) is 2.96. The molecule has 106 valence electrons. The molecule has 1 amide bonds. The minimum atomic E-state index is -0.216. The first-order chi connectivity index (χ1) is 9.61. The van der Waals surface area contributed by atoms with Gasteiger partial charge in [-0.15, -0.1) is 0 Å². The van der Waals surface area contributed by atoms with Crippen LogP contribution in [0.1, 0.15) is 31.2 Å². The number of nitrogens with two attached hydrogens (primary N) is 1. The lowest BCUT2D eigenvalue weighted by atomic mass is 9.63. The molecule has 4 aliphatic rings. The average molecular weight is 287 g/mol. The molecule has 4 saturated carbocycles. The Kier molecular flexibility index (Phi) is 2.57. The largest absolute Gasteiger partial charge is 0.369 e. The fraction of sp³-hybridized carbons (Fsp3) is 0.588. The van der Waals surface area contributed by atoms with Gasteiger partial charge in [0.1, 0.15) is 0 Å². The highest BCUT2D eigenvalue weighted by atomic mass is 32.2. The van der Waals surface area contributed by atoms with Crippen molar-refractivity contribution in [2.45, 2.75) is 36.3 Å². The van der Waals surface area contributed by atoms with Gasteiger partial charge in [-0.2, -0.15) is 11.8 Å². The van der Waals surface area contributed by atoms with Gasteiger partial charge in [-0.25, -0.2) is 0 Å². The summed E-state index contributed by atoms with van der Waals surface area (Å²) >= 11 is 1.96. The van der Waals surface area contributed by atoms with Crippen molar-refractivity contribution in [3.05, 3.63) is 35.9 Å². The van der Waals surface area contributed by atoms with E-state index in [1.54, 1.807) is 0 Å². The smallest absolute Gasteiger partial charge is 0.224 e. The molecule has 5 rings (SSSR count). The van der Waals surface area contributed by atoms with Crippen molar-refractivity contribution in [1.82, 2.24) is 0 Å². The number of thioether (sulfide) groups is 1. The van der Waals surface area contributed by atoms with Crippen LogP contribution in [0.2, 0.25) is 0 Å². The molecular formula is C17H21NOS. The van der Waals surface area contributed by atoms with Crippen LogP contribution in [0.5, 0.6) is 0 Å². The van der Waals surface area contributed by atoms with Crippen molar-refractivity contribution < 1.29 is 4.79 Å². The molecule has 0 aromatic heterocycles. The molecular weight excluding hydrogens is 266 g/mol. The number of primary amides is 1. The topological polar surface area (TPSA) is 43.1 Å². The zero-order valence-electron chi connectivity index (χ0n) is 11.8. The number of carbonyl (C=O) groups is 1. The summed E-state index contributed by atoms with van der Waals surface area (Å²) in [4.78, 5) is 12.2. The van der Waals surface area contributed by atoms with Crippen molar-refractivity contribution in [1.29, 1.82) is 0 Å². The van der Waals surface area contributed by atoms with Gasteiger partial charge >= 0.3 is 0 Å². The van der Waals surface area contributed by atoms with Gasteiger partial charge in [-0.3, -0.25) is 4.79 Å². The maximum absolute atomic E-state index is 12.2. The Morgan fingerprint density at radius 3 is 2.65 bits per heavy atom. The van der Waals surface area contributed by atoms with E-state index in [2.05, 4.69) is 36.6 Å². The summed E-state index contributed by atoms with van der Waals surface area (Å²) in [6, 6.07) is 10.8. The first kappa shape index (κ1) is 12.8. The van der Waals surface area contributed by atoms with Crippen LogP contribution in [0, 0.1) is 17.3 Å². The Bertz CT molecular complexity index is 559. The second-order valence-corrected chi connectivity index (χ2v) is 8.04. The molecule has 0 spiro atoms. The molecule has 20 heavy (non-hydrogen) atoms. The summed E-state index contributed by atoms with van der Waals surface area (Å²) in [6.45, 7) is 0. The van der Waals surface area contributed by atoms with Gasteiger partial charge in [0.25, 0.3) is 0 Å². The summed E-state index contributed by atoms with van der Waals surface area (Å²) < 4.78 is 0. The van der Waals surface area contributed by atoms with Gasteiger partial charge in [0.05, 0.1) is 5.41 Å². The standard InChI is InChI=1S/C17H21NOS/c1-20-14-11-7-16(12-5-3-2-4-6-12)9-13(14)17(8-11,10-16)15(18)19/h2-6,11,13-14H,7-10H2,1H3,(H2,18,19). The maximum atomic E-state index is 12.2. The molecule has 1 aromatic carbocycles. The molecule has 5 unspecified atom stereocenters. The molecule has 4 aliphatic carbocycles. The number of hydrogen-bond donors (Lipinski definition) is 1. The molecule has 0 aliphatic heterocycles. The van der Waals surface area contributed by atoms with Crippen molar-refractivity contribution in [3.63, 3.8) is 0 Å². The second kappa shape index (κ2) is 4.03. The lowest BCUT2D eigenvalue weighted by Crippen LogP contribution is -2.41. The fourth-order valence-electron chi connectivity index (χ4n) is 5.69. The molecule has 2 N–H and O–H groups in total. The van der Waals surface area contributed by atoms with Crippen molar-refractivity contribution >= 4 is 17.7 Å². The van der Waals surface area contributed by atoms with Crippen LogP contribution in [-0.2, 0) is 10.2 Å². The maximum Gasteiger partial charge on any atom is 0.224 e. The van der Waals surface area contributed by atoms with Crippen LogP contribution < -0.4 is 5.73 Å². The first-order valence-electron chi connectivity index (χ1n) is 7.50. The highest BCUT2D eigenvalue weighted by Crippen LogP contribution is 2.72. The highest BCUT2D eigenvalue weighted by molar-refractivity contribution is 7.99. The van der Waals surface area contributed by atoms with Gasteiger partial charge < -0.3 is 5.73 Å². The monoisotopic (exact) mass is 287 g/mol. The molecule has 0 radical (unpaired) electrons. The number of carbonyl (C=O) groups excluding carboxylic acids is 1. The third-order valence-corrected chi connectivity index (χ3v) is 7.52. The Hall–Kier alpha value is -0.960. The van der Waals surface area contributed by atoms with Gasteiger partial charge in [-0.05, 0) is 54.8 Å². The van der Waals surface area contributed by atoms with Gasteiger partial charge in [0.2, 0.25) is 5.91 Å². The van der Waals surface area contributed by atoms with E-state index in [0.29, 0.717) is 17.1 Å². The Labute approximate surface area is 124 Å². The van der Waals surface area contributed by atoms with E-state index in [4.69, 9.17) is 5.73 Å². The van der Waals surface area contributed by atoms with E-state index in [-0.39, 0.29) is 16.7 Å². The SMILES string of the molecule is CSC1C2CC3(c4ccccc4)CC1C(C(N)=O)(C2)C3. The summed E-state index contributed by atoms with van der Waals surface area (Å²) in [6.07, 6.45) is 6.61. The molecule has 2 nitrogen and oxygen atoms in total. The molecule has 4 bridgehead atoms. The Balaban J connectivity index is 1.81. The number of amides is 1. The highest BCUT2D eigenvalue weighted by Gasteiger charge is 2.70. The number of hydrogen-bond acceptors (Lipinski definition) is 2. The minimum absolute atomic E-state index is 0.0402. The van der Waals surface area contributed by atoms with Crippen LogP contribution in [0.4, 0.5) is 0 Å². The van der Waals surface area contributed by atoms with Crippen molar-refractivity contribution in [2.24, 2.45) is 23.0 Å². The summed E-state index contributed by atoms with van der Waals surface area (Å²) in [7, 11) is 0. The number of benzene rings is 1. The zero-order chi connectivity index (χ0) is 14.0. The van der Waals surface area contributed by atoms with Crippen molar-refractivity contribution in [3.8, 4) is 0 Å². The summed E-state index contributed by atoms with van der Waals surface area (Å²) in [5.41, 5.74) is 7.29. The van der Waals surface area contributed by atoms with Crippen LogP contribution in [-0.4, -0.2) is 17.4 Å². The normalized spacial score (nSPS) is 45.0. The number of rotatable bonds is 3. The van der Waals surface area contributed by atoms with Crippen molar-refractivity contribution in [2.75, 3.05) is 6.26 Å². The van der Waals surface area contributed by atoms with Crippen LogP contribution in [0.25, 0.3) is 0 Å². The Morgan fingerprint density at radius 1 is 1.25 bits per heavy atom. The molecule has 4 fully saturated rings. The van der Waals surface area contributed by atoms with E-state index in [0.717, 1.165) is 19.3 Å². The first-order valence-corrected chi connectivity index (χ1v) is 8.78. The van der Waals surface area contributed by atoms with Crippen LogP contribution in [0.15, 0.2) is 30.3 Å². The fourth-order valence-corrected chi connectivity index (χ4v) is 6.96. The van der Waals surface area contributed by atoms with E-state index < -0.39 is 0 Å². The minimum Gasteiger partial charge on any atom is -0.369 e. The van der Waals surface area contributed by atoms with E-state index in [9.17, 15) is 4.79 Å². The van der Waals surface area contributed by atoms with Gasteiger partial charge in [-0.1, -0.05) is 30.3 Å². The summed E-state index contributed by atoms with van der Waals surface area (Å²) in [5, 5.41) is 0.641. The van der Waals surface area contributed by atoms with E-state index >= 15 is 0 Å². The summed E-state index contributed by atoms with van der Waals surface area (Å²) in [5.74, 6) is 1.13. The lowest BCUT2D eigenvalue weighted by Gasteiger charge is -2.42. The van der Waals surface area contributed by atoms with Gasteiger partial charge in [0.15, 0.2) is 0 Å². The molecule has 5 atom stereocenters. The predicted molar refractivity (Wildman–Crippen MR) is 82.5 cm³/mol. The van der Waals surface area contributed by atoms with Crippen LogP contribution in [0.3, 0.4) is 0 Å². The second-order valence-electron chi connectivity index (χ2n) is 7.02. The third-order valence-electron chi connectivity index (χ3n) is 6.26. The van der Waals surface area contributed by atoms with Crippen LogP contribution >= 0.6 is 11.8 Å². The molecule has 0 heterocycles. The quantitative estimate of drug-likeness (QED) is 0.929.